The standard InChI is InChI=1S/C19H26ClFO4/c1-2-3-4-5-13-9-22-19(23-10-13)15-11-24-18(25-12-15)14-6-7-16(20)17(21)8-14/h6-8,13,15,18-19H,2-5,9-12H2,1H3. The van der Waals surface area contributed by atoms with Crippen molar-refractivity contribution in [1.29, 1.82) is 0 Å². The van der Waals surface area contributed by atoms with Crippen molar-refractivity contribution in [2.45, 2.75) is 45.2 Å². The van der Waals surface area contributed by atoms with Gasteiger partial charge >= 0.3 is 0 Å². The molecule has 0 unspecified atom stereocenters. The lowest BCUT2D eigenvalue weighted by Gasteiger charge is -2.37. The Morgan fingerprint density at radius 3 is 2.40 bits per heavy atom. The lowest BCUT2D eigenvalue weighted by Crippen LogP contribution is -2.43. The number of hydrogen-bond acceptors (Lipinski definition) is 4. The van der Waals surface area contributed by atoms with Crippen molar-refractivity contribution in [3.63, 3.8) is 0 Å². The van der Waals surface area contributed by atoms with E-state index >= 15 is 0 Å². The molecule has 0 amide bonds. The van der Waals surface area contributed by atoms with Crippen LogP contribution in [0.4, 0.5) is 4.39 Å². The van der Waals surface area contributed by atoms with Crippen LogP contribution in [0, 0.1) is 17.7 Å². The van der Waals surface area contributed by atoms with E-state index in [2.05, 4.69) is 6.92 Å². The van der Waals surface area contributed by atoms with E-state index < -0.39 is 12.1 Å². The first kappa shape index (κ1) is 19.1. The van der Waals surface area contributed by atoms with Crippen LogP contribution in [0.3, 0.4) is 0 Å². The Labute approximate surface area is 153 Å². The molecule has 6 heteroatoms. The minimum Gasteiger partial charge on any atom is -0.352 e. The van der Waals surface area contributed by atoms with Crippen molar-refractivity contribution in [1.82, 2.24) is 0 Å². The summed E-state index contributed by atoms with van der Waals surface area (Å²) in [6, 6.07) is 4.57. The molecule has 1 aromatic rings. The van der Waals surface area contributed by atoms with E-state index in [4.69, 9.17) is 30.5 Å². The second-order valence-corrected chi connectivity index (χ2v) is 7.24. The summed E-state index contributed by atoms with van der Waals surface area (Å²) in [5.41, 5.74) is 0.627. The topological polar surface area (TPSA) is 36.9 Å². The van der Waals surface area contributed by atoms with Crippen LogP contribution in [-0.4, -0.2) is 32.7 Å². The highest BCUT2D eigenvalue weighted by Gasteiger charge is 2.34. The zero-order chi connectivity index (χ0) is 17.6. The molecule has 0 aromatic heterocycles. The number of ether oxygens (including phenoxy) is 4. The molecule has 2 aliphatic heterocycles. The van der Waals surface area contributed by atoms with E-state index in [1.54, 1.807) is 6.07 Å². The average molecular weight is 373 g/mol. The summed E-state index contributed by atoms with van der Waals surface area (Å²) in [6.45, 7) is 4.59. The Morgan fingerprint density at radius 1 is 1.04 bits per heavy atom. The summed E-state index contributed by atoms with van der Waals surface area (Å²) in [5, 5.41) is 0.0925. The number of halogens is 2. The Hall–Kier alpha value is -0.720. The van der Waals surface area contributed by atoms with Gasteiger partial charge in [-0.1, -0.05) is 43.9 Å². The first-order valence-corrected chi connectivity index (χ1v) is 9.46. The van der Waals surface area contributed by atoms with Crippen molar-refractivity contribution in [2.24, 2.45) is 11.8 Å². The molecule has 2 aliphatic rings. The zero-order valence-corrected chi connectivity index (χ0v) is 15.3. The van der Waals surface area contributed by atoms with Crippen LogP contribution in [0.15, 0.2) is 18.2 Å². The van der Waals surface area contributed by atoms with E-state index in [-0.39, 0.29) is 17.2 Å². The molecule has 25 heavy (non-hydrogen) atoms. The van der Waals surface area contributed by atoms with Gasteiger partial charge in [-0.3, -0.25) is 0 Å². The van der Waals surface area contributed by atoms with Gasteiger partial charge in [-0.25, -0.2) is 4.39 Å². The highest BCUT2D eigenvalue weighted by Crippen LogP contribution is 2.31. The molecule has 0 spiro atoms. The van der Waals surface area contributed by atoms with Gasteiger partial charge in [-0.15, -0.1) is 0 Å². The Kier molecular flexibility index (Phi) is 7.08. The zero-order valence-electron chi connectivity index (χ0n) is 14.6. The van der Waals surface area contributed by atoms with Gasteiger partial charge in [0.15, 0.2) is 12.6 Å². The lowest BCUT2D eigenvalue weighted by molar-refractivity contribution is -0.283. The number of hydrogen-bond donors (Lipinski definition) is 0. The Morgan fingerprint density at radius 2 is 1.76 bits per heavy atom. The summed E-state index contributed by atoms with van der Waals surface area (Å²) in [4.78, 5) is 0. The van der Waals surface area contributed by atoms with Gasteiger partial charge in [0, 0.05) is 11.5 Å². The minimum absolute atomic E-state index is 0.0324. The maximum atomic E-state index is 13.6. The molecule has 0 bridgehead atoms. The fourth-order valence-electron chi connectivity index (χ4n) is 3.21. The summed E-state index contributed by atoms with van der Waals surface area (Å²) < 4.78 is 36.8. The van der Waals surface area contributed by atoms with Crippen LogP contribution >= 0.6 is 11.6 Å². The molecule has 0 radical (unpaired) electrons. The third-order valence-electron chi connectivity index (χ3n) is 4.73. The average Bonchev–Trinajstić information content (AvgIpc) is 2.65. The summed E-state index contributed by atoms with van der Waals surface area (Å²) in [7, 11) is 0. The maximum Gasteiger partial charge on any atom is 0.183 e. The SMILES string of the molecule is CCCCCC1COC(C2COC(c3ccc(Cl)c(F)c3)OC2)OC1. The molecular formula is C19H26ClFO4. The smallest absolute Gasteiger partial charge is 0.183 e. The van der Waals surface area contributed by atoms with Crippen molar-refractivity contribution in [3.05, 3.63) is 34.6 Å². The first-order valence-electron chi connectivity index (χ1n) is 9.08. The Bertz CT molecular complexity index is 540. The molecule has 0 N–H and O–H groups in total. The highest BCUT2D eigenvalue weighted by molar-refractivity contribution is 6.30. The van der Waals surface area contributed by atoms with Crippen LogP contribution in [0.2, 0.25) is 5.02 Å². The van der Waals surface area contributed by atoms with Crippen molar-refractivity contribution in [2.75, 3.05) is 26.4 Å². The molecule has 2 heterocycles. The normalized spacial score (nSPS) is 30.4. The fourth-order valence-corrected chi connectivity index (χ4v) is 3.32. The van der Waals surface area contributed by atoms with Gasteiger partial charge in [0.25, 0.3) is 0 Å². The van der Waals surface area contributed by atoms with Crippen LogP contribution in [0.25, 0.3) is 0 Å². The number of benzene rings is 1. The van der Waals surface area contributed by atoms with Crippen molar-refractivity contribution < 1.29 is 23.3 Å². The first-order chi connectivity index (χ1) is 12.2. The highest BCUT2D eigenvalue weighted by atomic mass is 35.5. The van der Waals surface area contributed by atoms with Gasteiger partial charge in [-0.2, -0.15) is 0 Å². The van der Waals surface area contributed by atoms with Gasteiger partial charge in [-0.05, 0) is 18.6 Å². The van der Waals surface area contributed by atoms with Crippen LogP contribution in [0.1, 0.15) is 44.5 Å². The number of rotatable bonds is 6. The van der Waals surface area contributed by atoms with Crippen LogP contribution in [-0.2, 0) is 18.9 Å². The van der Waals surface area contributed by atoms with Gasteiger partial charge < -0.3 is 18.9 Å². The van der Waals surface area contributed by atoms with E-state index in [1.165, 1.54) is 31.4 Å². The third-order valence-corrected chi connectivity index (χ3v) is 5.04. The molecule has 1 aromatic carbocycles. The van der Waals surface area contributed by atoms with Crippen LogP contribution < -0.4 is 0 Å². The molecule has 3 rings (SSSR count). The fraction of sp³-hybridized carbons (Fsp3) is 0.684. The van der Waals surface area contributed by atoms with Crippen molar-refractivity contribution >= 4 is 11.6 Å². The van der Waals surface area contributed by atoms with Gasteiger partial charge in [0.05, 0.1) is 37.4 Å². The summed E-state index contributed by atoms with van der Waals surface area (Å²) >= 11 is 5.71. The molecule has 2 saturated heterocycles. The summed E-state index contributed by atoms with van der Waals surface area (Å²) in [5.74, 6) is 0.0459. The third kappa shape index (κ3) is 5.14. The molecule has 140 valence electrons. The van der Waals surface area contributed by atoms with E-state index in [9.17, 15) is 4.39 Å². The monoisotopic (exact) mass is 372 g/mol. The Balaban J connectivity index is 1.43. The lowest BCUT2D eigenvalue weighted by atomic mass is 10.0. The van der Waals surface area contributed by atoms with E-state index in [0.717, 1.165) is 19.6 Å². The van der Waals surface area contributed by atoms with Gasteiger partial charge in [0.1, 0.15) is 5.82 Å². The predicted octanol–water partition coefficient (Wildman–Crippen LogP) is 4.71. The molecule has 0 saturated carbocycles. The van der Waals surface area contributed by atoms with Crippen molar-refractivity contribution in [3.8, 4) is 0 Å². The second kappa shape index (κ2) is 9.28. The maximum absolute atomic E-state index is 13.6. The molecule has 2 fully saturated rings. The molecular weight excluding hydrogens is 347 g/mol. The van der Waals surface area contributed by atoms with Gasteiger partial charge in [0.2, 0.25) is 0 Å². The largest absolute Gasteiger partial charge is 0.352 e. The molecule has 4 nitrogen and oxygen atoms in total. The minimum atomic E-state index is -0.576. The van der Waals surface area contributed by atoms with E-state index in [1.807, 2.05) is 0 Å². The molecule has 0 aliphatic carbocycles. The molecule has 0 atom stereocenters. The van der Waals surface area contributed by atoms with E-state index in [0.29, 0.717) is 24.7 Å². The second-order valence-electron chi connectivity index (χ2n) is 6.83. The predicted molar refractivity (Wildman–Crippen MR) is 92.9 cm³/mol. The summed E-state index contributed by atoms with van der Waals surface area (Å²) in [6.07, 6.45) is 4.01. The quantitative estimate of drug-likeness (QED) is 0.677. The van der Waals surface area contributed by atoms with Crippen LogP contribution in [0.5, 0.6) is 0 Å². The number of unbranched alkanes of at least 4 members (excludes halogenated alkanes) is 2.